The fraction of sp³-hybridized carbons (Fsp3) is 0. The summed E-state index contributed by atoms with van der Waals surface area (Å²) in [4.78, 5) is 4.21. The molecule has 16 heavy (non-hydrogen) atoms. The summed E-state index contributed by atoms with van der Waals surface area (Å²) in [6.45, 7) is 3.56. The zero-order valence-electron chi connectivity index (χ0n) is 8.72. The van der Waals surface area contributed by atoms with Crippen LogP contribution in [-0.2, 0) is 0 Å². The van der Waals surface area contributed by atoms with Gasteiger partial charge in [0.1, 0.15) is 11.6 Å². The Kier molecular flexibility index (Phi) is 2.87. The molecule has 0 unspecified atom stereocenters. The Morgan fingerprint density at radius 1 is 1.19 bits per heavy atom. The van der Waals surface area contributed by atoms with E-state index in [4.69, 9.17) is 0 Å². The first-order valence-corrected chi connectivity index (χ1v) is 4.92. The number of pyridine rings is 1. The van der Waals surface area contributed by atoms with E-state index in [1.165, 1.54) is 0 Å². The van der Waals surface area contributed by atoms with Crippen LogP contribution in [0, 0.1) is 0 Å². The van der Waals surface area contributed by atoms with Gasteiger partial charge in [-0.05, 0) is 36.0 Å². The van der Waals surface area contributed by atoms with Gasteiger partial charge in [0, 0.05) is 11.8 Å². The normalized spacial score (nSPS) is 9.75. The molecule has 0 bridgehead atoms. The number of nitrogens with zero attached hydrogens (tertiary/aromatic N) is 1. The predicted molar refractivity (Wildman–Crippen MR) is 65.2 cm³/mol. The van der Waals surface area contributed by atoms with Gasteiger partial charge in [0.05, 0.1) is 0 Å². The van der Waals surface area contributed by atoms with Gasteiger partial charge in [0.25, 0.3) is 0 Å². The molecule has 1 aromatic heterocycles. The first-order chi connectivity index (χ1) is 7.79. The zero-order valence-corrected chi connectivity index (χ0v) is 8.72. The Hall–Kier alpha value is -2.29. The average molecular weight is 212 g/mol. The first kappa shape index (κ1) is 10.2. The second-order valence-corrected chi connectivity index (χ2v) is 3.33. The number of rotatable bonds is 3. The van der Waals surface area contributed by atoms with Crippen LogP contribution >= 0.6 is 0 Å². The highest BCUT2D eigenvalue weighted by atomic mass is 16.3. The fourth-order valence-corrected chi connectivity index (χ4v) is 1.44. The van der Waals surface area contributed by atoms with Gasteiger partial charge >= 0.3 is 0 Å². The van der Waals surface area contributed by atoms with Crippen LogP contribution in [0.1, 0.15) is 0 Å². The van der Waals surface area contributed by atoms with Crippen LogP contribution in [0.3, 0.4) is 0 Å². The van der Waals surface area contributed by atoms with Gasteiger partial charge in [-0.15, -0.1) is 0 Å². The summed E-state index contributed by atoms with van der Waals surface area (Å²) in [6.07, 6.45) is 3.33. The highest BCUT2D eigenvalue weighted by molar-refractivity contribution is 5.65. The summed E-state index contributed by atoms with van der Waals surface area (Å²) in [5, 5.41) is 12.3. The van der Waals surface area contributed by atoms with Gasteiger partial charge in [0.15, 0.2) is 0 Å². The number of hydrogen-bond donors (Lipinski definition) is 2. The smallest absolute Gasteiger partial charge is 0.129 e. The number of phenols is 1. The quantitative estimate of drug-likeness (QED) is 0.822. The second kappa shape index (κ2) is 4.49. The average Bonchev–Trinajstić information content (AvgIpc) is 2.30. The van der Waals surface area contributed by atoms with E-state index in [9.17, 15) is 5.11 Å². The van der Waals surface area contributed by atoms with Crippen LogP contribution in [-0.4, -0.2) is 10.1 Å². The lowest BCUT2D eigenvalue weighted by molar-refractivity contribution is 0.475. The highest BCUT2D eigenvalue weighted by Crippen LogP contribution is 2.23. The van der Waals surface area contributed by atoms with E-state index in [2.05, 4.69) is 16.9 Å². The number of nitrogens with one attached hydrogen (secondary N) is 1. The molecular formula is C13H12N2O. The molecule has 0 radical (unpaired) electrons. The van der Waals surface area contributed by atoms with Crippen molar-refractivity contribution in [1.82, 2.24) is 4.98 Å². The Labute approximate surface area is 94.1 Å². The molecule has 3 nitrogen and oxygen atoms in total. The lowest BCUT2D eigenvalue weighted by Crippen LogP contribution is -1.89. The predicted octanol–water partition coefficient (Wildman–Crippen LogP) is 3.01. The molecule has 0 aliphatic heterocycles. The Morgan fingerprint density at radius 3 is 2.69 bits per heavy atom. The fourth-order valence-electron chi connectivity index (χ4n) is 1.44. The van der Waals surface area contributed by atoms with Gasteiger partial charge in [-0.3, -0.25) is 0 Å². The molecule has 2 N–H and O–H groups in total. The number of phenolic OH excluding ortho intramolecular Hbond substituents is 1. The number of aromatic hydroxyl groups is 1. The lowest BCUT2D eigenvalue weighted by Gasteiger charge is -2.03. The molecule has 0 aliphatic carbocycles. The second-order valence-electron chi connectivity index (χ2n) is 3.33. The number of benzene rings is 1. The molecule has 0 spiro atoms. The minimum atomic E-state index is 0.255. The van der Waals surface area contributed by atoms with Gasteiger partial charge in [-0.25, -0.2) is 4.98 Å². The van der Waals surface area contributed by atoms with E-state index in [0.29, 0.717) is 0 Å². The van der Waals surface area contributed by atoms with Crippen molar-refractivity contribution in [2.24, 2.45) is 0 Å². The van der Waals surface area contributed by atoms with Gasteiger partial charge in [-0.2, -0.15) is 0 Å². The molecule has 2 aromatic rings. The SMILES string of the molecule is C=CNc1ccc(-c2cccc(O)c2)cn1. The van der Waals surface area contributed by atoms with Crippen molar-refractivity contribution in [1.29, 1.82) is 0 Å². The van der Waals surface area contributed by atoms with Gasteiger partial charge in [0.2, 0.25) is 0 Å². The minimum absolute atomic E-state index is 0.255. The third-order valence-corrected chi connectivity index (χ3v) is 2.19. The number of anilines is 1. The molecule has 1 aromatic carbocycles. The van der Waals surface area contributed by atoms with Crippen molar-refractivity contribution in [2.45, 2.75) is 0 Å². The monoisotopic (exact) mass is 212 g/mol. The van der Waals surface area contributed by atoms with Crippen molar-refractivity contribution >= 4 is 5.82 Å². The molecule has 0 fully saturated rings. The maximum Gasteiger partial charge on any atom is 0.129 e. The summed E-state index contributed by atoms with van der Waals surface area (Å²) in [5.41, 5.74) is 1.91. The molecule has 0 amide bonds. The molecule has 0 aliphatic rings. The van der Waals surface area contributed by atoms with E-state index in [0.717, 1.165) is 16.9 Å². The van der Waals surface area contributed by atoms with Crippen LogP contribution in [0.15, 0.2) is 55.4 Å². The van der Waals surface area contributed by atoms with Crippen molar-refractivity contribution in [3.05, 3.63) is 55.4 Å². The standard InChI is InChI=1S/C13H12N2O/c1-2-14-13-7-6-11(9-15-13)10-4-3-5-12(16)8-10/h2-9,16H,1H2,(H,14,15). The van der Waals surface area contributed by atoms with Crippen LogP contribution in [0.2, 0.25) is 0 Å². The molecule has 0 saturated heterocycles. The summed E-state index contributed by atoms with van der Waals surface area (Å²) in [7, 11) is 0. The van der Waals surface area contributed by atoms with Crippen LogP contribution in [0.5, 0.6) is 5.75 Å². The minimum Gasteiger partial charge on any atom is -0.508 e. The molecule has 0 atom stereocenters. The molecule has 3 heteroatoms. The topological polar surface area (TPSA) is 45.1 Å². The first-order valence-electron chi connectivity index (χ1n) is 4.92. The van der Waals surface area contributed by atoms with Crippen molar-refractivity contribution in [2.75, 3.05) is 5.32 Å². The van der Waals surface area contributed by atoms with Gasteiger partial charge < -0.3 is 10.4 Å². The van der Waals surface area contributed by atoms with E-state index >= 15 is 0 Å². The largest absolute Gasteiger partial charge is 0.508 e. The van der Waals surface area contributed by atoms with Crippen LogP contribution < -0.4 is 5.32 Å². The van der Waals surface area contributed by atoms with Crippen LogP contribution in [0.4, 0.5) is 5.82 Å². The Morgan fingerprint density at radius 2 is 2.06 bits per heavy atom. The third-order valence-electron chi connectivity index (χ3n) is 2.19. The summed E-state index contributed by atoms with van der Waals surface area (Å²) >= 11 is 0. The van der Waals surface area contributed by atoms with E-state index in [1.54, 1.807) is 30.6 Å². The molecular weight excluding hydrogens is 200 g/mol. The number of aromatic nitrogens is 1. The lowest BCUT2D eigenvalue weighted by atomic mass is 10.1. The summed E-state index contributed by atoms with van der Waals surface area (Å²) in [6, 6.07) is 10.9. The third kappa shape index (κ3) is 2.20. The van der Waals surface area contributed by atoms with Crippen LogP contribution in [0.25, 0.3) is 11.1 Å². The van der Waals surface area contributed by atoms with Crippen molar-refractivity contribution in [3.8, 4) is 16.9 Å². The summed E-state index contributed by atoms with van der Waals surface area (Å²) in [5.74, 6) is 1.00. The van der Waals surface area contributed by atoms with Gasteiger partial charge in [-0.1, -0.05) is 18.7 Å². The van der Waals surface area contributed by atoms with E-state index < -0.39 is 0 Å². The maximum absolute atomic E-state index is 9.37. The number of hydrogen-bond acceptors (Lipinski definition) is 3. The van der Waals surface area contributed by atoms with E-state index in [1.807, 2.05) is 18.2 Å². The van der Waals surface area contributed by atoms with Crippen molar-refractivity contribution < 1.29 is 5.11 Å². The highest BCUT2D eigenvalue weighted by Gasteiger charge is 1.99. The molecule has 80 valence electrons. The van der Waals surface area contributed by atoms with E-state index in [-0.39, 0.29) is 5.75 Å². The van der Waals surface area contributed by atoms with Crippen molar-refractivity contribution in [3.63, 3.8) is 0 Å². The molecule has 2 rings (SSSR count). The summed E-state index contributed by atoms with van der Waals surface area (Å²) < 4.78 is 0. The maximum atomic E-state index is 9.37. The Bertz CT molecular complexity index is 492. The zero-order chi connectivity index (χ0) is 11.4. The molecule has 0 saturated carbocycles. The Balaban J connectivity index is 2.31. The molecule has 1 heterocycles.